The molecule has 0 amide bonds. The summed E-state index contributed by atoms with van der Waals surface area (Å²) < 4.78 is 102. The van der Waals surface area contributed by atoms with Gasteiger partial charge >= 0.3 is 59.9 Å². The zero-order chi connectivity index (χ0) is 61.8. The monoisotopic (exact) mass is 1360 g/mol. The first-order valence-electron chi connectivity index (χ1n) is 34.3. The average Bonchev–Trinajstić information content (AvgIpc) is 1.24. The quantitative estimate of drug-likeness (QED) is 0.0660. The minimum atomic E-state index is -3.25. The van der Waals surface area contributed by atoms with Crippen LogP contribution in [-0.4, -0.2) is 338 Å². The Balaban J connectivity index is 1.23. The molecule has 7 saturated heterocycles. The third-order valence-corrected chi connectivity index (χ3v) is 50.2. The van der Waals surface area contributed by atoms with Gasteiger partial charge in [-0.2, -0.15) is 0 Å². The Bertz CT molecular complexity index is 1740. The maximum absolute atomic E-state index is 8.29. The van der Waals surface area contributed by atoms with E-state index in [-0.39, 0.29) is 0 Å². The fraction of sp³-hybridized carbons (Fsp3) is 1.00. The van der Waals surface area contributed by atoms with Gasteiger partial charge in [0, 0.05) is 106 Å². The molecule has 0 aromatic rings. The molecule has 7 fully saturated rings. The molecule has 7 heterocycles. The zero-order valence-electron chi connectivity index (χ0n) is 56.4. The van der Waals surface area contributed by atoms with Gasteiger partial charge in [-0.25, -0.2) is 0 Å². The minimum Gasteiger partial charge on any atom is -0.416 e. The Kier molecular flexibility index (Phi) is 33.6. The van der Waals surface area contributed by atoms with Gasteiger partial charge in [0.1, 0.15) is 0 Å². The first-order chi connectivity index (χ1) is 41.9. The summed E-state index contributed by atoms with van der Waals surface area (Å²) in [5.41, 5.74) is 0. The number of hydrogen-bond donors (Lipinski definition) is 0. The normalized spacial score (nSPS) is 26.0. The largest absolute Gasteiger partial charge is 0.416 e. The first kappa shape index (κ1) is 75.0. The minimum absolute atomic E-state index is 0.767. The van der Waals surface area contributed by atoms with Crippen LogP contribution in [0.5, 0.6) is 0 Å². The summed E-state index contributed by atoms with van der Waals surface area (Å²) in [6.45, 7) is 47.5. The van der Waals surface area contributed by atoms with E-state index in [1.54, 1.807) is 0 Å². The molecule has 0 spiro atoms. The maximum Gasteiger partial charge on any atom is 0.325 e. The molecule has 22 nitrogen and oxygen atoms in total. The molecule has 6 unspecified atom stereocenters. The zero-order valence-corrected chi connectivity index (χ0v) is 63.4. The van der Waals surface area contributed by atoms with Crippen molar-refractivity contribution in [1.82, 2.24) is 34.3 Å². The van der Waals surface area contributed by atoms with Gasteiger partial charge in [0.05, 0.1) is 92.5 Å². The standard InChI is InChI=1S/C58H125N7O15Si7/c1-66-81(3,52-10-17-59-24-38-68-39-25-59)75-83(5,54-12-19-61-28-42-70-43-29-61)77-85(7,56-14-21-63-32-46-72-47-33-63)79-87(9,58-16-23-65-36-50-74-51-37-65)80-86(8,57-15-22-64-34-48-73-49-35-64)78-84(6,55-13-20-62-30-44-71-45-31-62)76-82(4,67-2)53-11-18-60-26-40-69-41-27-60/h10-58H2,1-9H3. The second kappa shape index (κ2) is 39.0. The van der Waals surface area contributed by atoms with Crippen LogP contribution in [-0.2, 0) is 66.7 Å². The van der Waals surface area contributed by atoms with E-state index in [1.165, 1.54) is 0 Å². The van der Waals surface area contributed by atoms with Gasteiger partial charge in [-0.1, -0.05) is 0 Å². The summed E-state index contributed by atoms with van der Waals surface area (Å²) in [6.07, 6.45) is 6.82. The van der Waals surface area contributed by atoms with Crippen molar-refractivity contribution in [3.05, 3.63) is 0 Å². The molecule has 0 radical (unpaired) electrons. The van der Waals surface area contributed by atoms with E-state index >= 15 is 0 Å². The number of morpholine rings is 7. The second-order valence-electron chi connectivity index (χ2n) is 26.9. The van der Waals surface area contributed by atoms with Crippen molar-refractivity contribution in [3.8, 4) is 0 Å². The Hall–Kier alpha value is 0.638. The van der Waals surface area contributed by atoms with Crippen molar-refractivity contribution in [2.45, 2.75) is 133 Å². The highest BCUT2D eigenvalue weighted by atomic mass is 28.5. The highest BCUT2D eigenvalue weighted by Crippen LogP contribution is 2.38. The van der Waals surface area contributed by atoms with E-state index in [1.807, 2.05) is 14.2 Å². The molecule has 7 aliphatic heterocycles. The average molecular weight is 1360 g/mol. The van der Waals surface area contributed by atoms with Crippen LogP contribution in [0, 0.1) is 0 Å². The molecule has 87 heavy (non-hydrogen) atoms. The summed E-state index contributed by atoms with van der Waals surface area (Å²) in [5, 5.41) is 0. The van der Waals surface area contributed by atoms with Crippen LogP contribution in [0.3, 0.4) is 0 Å². The molecule has 7 aliphatic rings. The number of nitrogens with zero attached hydrogens (tertiary/aromatic N) is 7. The van der Waals surface area contributed by atoms with Crippen molar-refractivity contribution in [2.75, 3.05) is 244 Å². The third kappa shape index (κ3) is 28.5. The molecule has 0 bridgehead atoms. The number of ether oxygens (including phenoxy) is 7. The van der Waals surface area contributed by atoms with E-state index in [2.05, 4.69) is 80.1 Å². The van der Waals surface area contributed by atoms with Crippen LogP contribution in [0.4, 0.5) is 0 Å². The molecule has 0 saturated carbocycles. The van der Waals surface area contributed by atoms with Crippen molar-refractivity contribution in [1.29, 1.82) is 0 Å². The van der Waals surface area contributed by atoms with Crippen LogP contribution in [0.15, 0.2) is 0 Å². The first-order valence-corrected chi connectivity index (χ1v) is 52.0. The second-order valence-corrected chi connectivity index (χ2v) is 51.9. The highest BCUT2D eigenvalue weighted by molar-refractivity contribution is 6.92. The van der Waals surface area contributed by atoms with Crippen LogP contribution in [0.1, 0.15) is 44.9 Å². The summed E-state index contributed by atoms with van der Waals surface area (Å²) >= 11 is 0. The topological polar surface area (TPSA) is 161 Å². The van der Waals surface area contributed by atoms with E-state index in [0.29, 0.717) is 0 Å². The van der Waals surface area contributed by atoms with Crippen molar-refractivity contribution in [2.24, 2.45) is 0 Å². The van der Waals surface area contributed by atoms with E-state index in [0.717, 1.165) is 317 Å². The fourth-order valence-corrected chi connectivity index (χ4v) is 50.1. The SMILES string of the molecule is CO[Si](C)(CCCN1CCOCC1)O[Si](C)(CCCN1CCOCC1)O[Si](C)(CCCN1CCOCC1)O[Si](C)(CCCN1CCOCC1)O[Si](C)(CCCN1CCOCC1)O[Si](C)(CCCN1CCOCC1)O[Si](C)(CCCN1CCOCC1)OC. The highest BCUT2D eigenvalue weighted by Gasteiger charge is 2.55. The Labute approximate surface area is 535 Å². The van der Waals surface area contributed by atoms with Crippen LogP contribution in [0.25, 0.3) is 0 Å². The van der Waals surface area contributed by atoms with Crippen LogP contribution < -0.4 is 0 Å². The van der Waals surface area contributed by atoms with Gasteiger partial charge in [-0.05, 0) is 179 Å². The number of rotatable bonds is 42. The van der Waals surface area contributed by atoms with Crippen molar-refractivity contribution in [3.63, 3.8) is 0 Å². The molecule has 0 aliphatic carbocycles. The molecule has 0 N–H and O–H groups in total. The lowest BCUT2D eigenvalue weighted by molar-refractivity contribution is 0.0374. The molecule has 7 rings (SSSR count). The van der Waals surface area contributed by atoms with E-state index in [9.17, 15) is 0 Å². The van der Waals surface area contributed by atoms with Gasteiger partial charge in [-0.15, -0.1) is 0 Å². The van der Waals surface area contributed by atoms with Gasteiger partial charge in [0.15, 0.2) is 0 Å². The predicted molar refractivity (Wildman–Crippen MR) is 359 cm³/mol. The van der Waals surface area contributed by atoms with Crippen LogP contribution >= 0.6 is 0 Å². The third-order valence-electron chi connectivity index (χ3n) is 18.9. The Morgan fingerprint density at radius 3 is 0.483 bits per heavy atom. The maximum atomic E-state index is 8.29. The molecule has 0 aromatic heterocycles. The summed E-state index contributed by atoms with van der Waals surface area (Å²) in [7, 11) is -17.5. The molecule has 6 atom stereocenters. The molecule has 0 aromatic carbocycles. The lowest BCUT2D eigenvalue weighted by atomic mass is 10.3. The number of hydrogen-bond acceptors (Lipinski definition) is 22. The van der Waals surface area contributed by atoms with Crippen LogP contribution in [0.2, 0.25) is 88.1 Å². The van der Waals surface area contributed by atoms with E-state index in [4.69, 9.17) is 66.7 Å². The summed E-state index contributed by atoms with van der Waals surface area (Å²) in [5.74, 6) is 0. The Morgan fingerprint density at radius 2 is 0.345 bits per heavy atom. The summed E-state index contributed by atoms with van der Waals surface area (Å²) in [6, 6.07) is 5.96. The summed E-state index contributed by atoms with van der Waals surface area (Å²) in [4.78, 5) is 17.8. The van der Waals surface area contributed by atoms with Gasteiger partial charge in [-0.3, -0.25) is 34.3 Å². The van der Waals surface area contributed by atoms with Crippen molar-refractivity contribution < 1.29 is 66.7 Å². The molecular formula is C58H125N7O15Si7. The van der Waals surface area contributed by atoms with Crippen molar-refractivity contribution >= 4 is 59.9 Å². The smallest absolute Gasteiger partial charge is 0.325 e. The fourth-order valence-electron chi connectivity index (χ4n) is 13.9. The lowest BCUT2D eigenvalue weighted by Crippen LogP contribution is -2.64. The van der Waals surface area contributed by atoms with Gasteiger partial charge in [0.25, 0.3) is 0 Å². The lowest BCUT2D eigenvalue weighted by Gasteiger charge is -2.48. The van der Waals surface area contributed by atoms with Gasteiger partial charge in [0.2, 0.25) is 0 Å². The predicted octanol–water partition coefficient (Wildman–Crippen LogP) is 5.94. The molecule has 510 valence electrons. The molecular weight excluding hydrogens is 1230 g/mol. The molecule has 29 heteroatoms. The van der Waals surface area contributed by atoms with E-state index < -0.39 is 59.9 Å². The Morgan fingerprint density at radius 1 is 0.218 bits per heavy atom. The van der Waals surface area contributed by atoms with Gasteiger partial charge < -0.3 is 66.7 Å².